The molecule has 0 aromatic heterocycles. The van der Waals surface area contributed by atoms with E-state index < -0.39 is 24.1 Å². The number of carbonyl (C=O) groups is 2. The summed E-state index contributed by atoms with van der Waals surface area (Å²) in [5, 5.41) is 19.1. The Kier molecular flexibility index (Phi) is 8.76. The zero-order valence-electron chi connectivity index (χ0n) is 15.0. The van der Waals surface area contributed by atoms with Crippen molar-refractivity contribution in [1.29, 1.82) is 0 Å². The van der Waals surface area contributed by atoms with Gasteiger partial charge in [-0.2, -0.15) is 0 Å². The topological polar surface area (TPSA) is 83.8 Å². The van der Waals surface area contributed by atoms with Gasteiger partial charge in [-0.15, -0.1) is 0 Å². The van der Waals surface area contributed by atoms with E-state index in [1.807, 2.05) is 13.0 Å². The van der Waals surface area contributed by atoms with Crippen LogP contribution in [-0.4, -0.2) is 34.4 Å². The van der Waals surface area contributed by atoms with Crippen molar-refractivity contribution in [1.82, 2.24) is 0 Å². The number of aliphatic hydroxyl groups excluding tert-OH is 1. The van der Waals surface area contributed by atoms with Crippen molar-refractivity contribution in [3.63, 3.8) is 0 Å². The fraction of sp³-hybridized carbons (Fsp3) is 0.684. The van der Waals surface area contributed by atoms with E-state index in [2.05, 4.69) is 13.8 Å². The van der Waals surface area contributed by atoms with Gasteiger partial charge in [0.05, 0.1) is 6.42 Å². The Bertz CT molecular complexity index is 492. The maximum atomic E-state index is 11.7. The van der Waals surface area contributed by atoms with Gasteiger partial charge in [0.25, 0.3) is 0 Å². The zero-order chi connectivity index (χ0) is 18.1. The van der Waals surface area contributed by atoms with E-state index in [1.165, 1.54) is 31.8 Å². The number of cyclic esters (lactones) is 1. The lowest BCUT2D eigenvalue weighted by Gasteiger charge is -2.19. The second kappa shape index (κ2) is 10.3. The molecule has 1 aliphatic rings. The van der Waals surface area contributed by atoms with Gasteiger partial charge in [-0.3, -0.25) is 4.79 Å². The molecule has 0 amide bonds. The van der Waals surface area contributed by atoms with Crippen molar-refractivity contribution in [3.8, 4) is 0 Å². The van der Waals surface area contributed by atoms with E-state index in [4.69, 9.17) is 9.84 Å². The van der Waals surface area contributed by atoms with E-state index in [0.29, 0.717) is 11.5 Å². The first-order chi connectivity index (χ1) is 11.3. The van der Waals surface area contributed by atoms with Crippen molar-refractivity contribution in [2.45, 2.75) is 77.9 Å². The number of hydrogen-bond donors (Lipinski definition) is 2. The molecule has 24 heavy (non-hydrogen) atoms. The number of carboxylic acid groups (broad SMARTS) is 1. The number of aliphatic hydroxyl groups is 1. The summed E-state index contributed by atoms with van der Waals surface area (Å²) >= 11 is 0. The third kappa shape index (κ3) is 6.87. The molecule has 2 N–H and O–H groups in total. The molecular formula is C19H30O5. The van der Waals surface area contributed by atoms with Gasteiger partial charge >= 0.3 is 11.9 Å². The number of aliphatic carboxylic acids is 1. The minimum atomic E-state index is -0.993. The number of carboxylic acids is 1. The minimum absolute atomic E-state index is 0.211. The van der Waals surface area contributed by atoms with Crippen LogP contribution in [0.5, 0.6) is 0 Å². The third-order valence-electron chi connectivity index (χ3n) is 4.34. The van der Waals surface area contributed by atoms with Gasteiger partial charge in [0.2, 0.25) is 0 Å². The Balaban J connectivity index is 2.54. The average molecular weight is 338 g/mol. The van der Waals surface area contributed by atoms with Crippen LogP contribution in [0.25, 0.3) is 0 Å². The predicted octanol–water partition coefficient (Wildman–Crippen LogP) is 3.62. The molecule has 1 aliphatic heterocycles. The number of ether oxygens (including phenoxy) is 1. The molecule has 5 nitrogen and oxygen atoms in total. The highest BCUT2D eigenvalue weighted by Crippen LogP contribution is 2.27. The molecule has 5 heteroatoms. The van der Waals surface area contributed by atoms with Gasteiger partial charge in [0.1, 0.15) is 12.2 Å². The average Bonchev–Trinajstić information content (AvgIpc) is 2.89. The maximum Gasteiger partial charge on any atom is 0.334 e. The lowest BCUT2D eigenvalue weighted by Crippen LogP contribution is -2.27. The largest absolute Gasteiger partial charge is 0.481 e. The third-order valence-corrected chi connectivity index (χ3v) is 4.34. The molecule has 1 saturated heterocycles. The van der Waals surface area contributed by atoms with E-state index in [9.17, 15) is 14.7 Å². The summed E-state index contributed by atoms with van der Waals surface area (Å²) in [4.78, 5) is 22.3. The summed E-state index contributed by atoms with van der Waals surface area (Å²) in [5.41, 5.74) is 1.14. The van der Waals surface area contributed by atoms with Crippen LogP contribution in [0.4, 0.5) is 0 Å². The fourth-order valence-electron chi connectivity index (χ4n) is 2.93. The Morgan fingerprint density at radius 1 is 1.38 bits per heavy atom. The highest BCUT2D eigenvalue weighted by molar-refractivity contribution is 5.91. The van der Waals surface area contributed by atoms with Crippen LogP contribution in [0, 0.1) is 5.92 Å². The zero-order valence-corrected chi connectivity index (χ0v) is 15.0. The van der Waals surface area contributed by atoms with Crippen LogP contribution in [0.15, 0.2) is 23.3 Å². The van der Waals surface area contributed by atoms with Crippen molar-refractivity contribution < 1.29 is 24.5 Å². The van der Waals surface area contributed by atoms with E-state index in [1.54, 1.807) is 0 Å². The Labute approximate surface area is 144 Å². The molecule has 0 radical (unpaired) electrons. The smallest absolute Gasteiger partial charge is 0.334 e. The molecule has 3 atom stereocenters. The number of allylic oxidation sites excluding steroid dienone is 1. The second-order valence-electron chi connectivity index (χ2n) is 6.66. The van der Waals surface area contributed by atoms with Gasteiger partial charge in [-0.1, -0.05) is 51.7 Å². The Morgan fingerprint density at radius 3 is 2.71 bits per heavy atom. The highest BCUT2D eigenvalue weighted by atomic mass is 16.6. The van der Waals surface area contributed by atoms with Gasteiger partial charge in [0.15, 0.2) is 0 Å². The van der Waals surface area contributed by atoms with Crippen LogP contribution in [0.2, 0.25) is 0 Å². The SMILES string of the molecule is CCCCCC[C@@H](C)C=C(C)[C@H](O)[C@H]1CC(=CCC(=O)O)C(=O)O1. The molecule has 0 aromatic carbocycles. The first-order valence-electron chi connectivity index (χ1n) is 8.83. The summed E-state index contributed by atoms with van der Waals surface area (Å²) < 4.78 is 5.19. The molecule has 0 spiro atoms. The monoisotopic (exact) mass is 338 g/mol. The van der Waals surface area contributed by atoms with Crippen molar-refractivity contribution in [2.75, 3.05) is 0 Å². The van der Waals surface area contributed by atoms with Crippen LogP contribution < -0.4 is 0 Å². The van der Waals surface area contributed by atoms with Crippen molar-refractivity contribution in [3.05, 3.63) is 23.3 Å². The Morgan fingerprint density at radius 2 is 2.08 bits per heavy atom. The van der Waals surface area contributed by atoms with Crippen LogP contribution in [0.3, 0.4) is 0 Å². The van der Waals surface area contributed by atoms with Crippen molar-refractivity contribution >= 4 is 11.9 Å². The number of rotatable bonds is 10. The van der Waals surface area contributed by atoms with E-state index in [-0.39, 0.29) is 12.8 Å². The number of carbonyl (C=O) groups excluding carboxylic acids is 1. The van der Waals surface area contributed by atoms with Crippen LogP contribution >= 0.6 is 0 Å². The molecule has 1 fully saturated rings. The number of esters is 1. The van der Waals surface area contributed by atoms with Crippen LogP contribution in [0.1, 0.15) is 65.7 Å². The molecule has 136 valence electrons. The molecular weight excluding hydrogens is 308 g/mol. The van der Waals surface area contributed by atoms with Gasteiger partial charge in [-0.25, -0.2) is 4.79 Å². The molecule has 1 rings (SSSR count). The lowest BCUT2D eigenvalue weighted by molar-refractivity contribution is -0.142. The first-order valence-corrected chi connectivity index (χ1v) is 8.83. The molecule has 0 aromatic rings. The van der Waals surface area contributed by atoms with E-state index in [0.717, 1.165) is 12.0 Å². The molecule has 1 heterocycles. The number of hydrogen-bond acceptors (Lipinski definition) is 4. The van der Waals surface area contributed by atoms with Gasteiger partial charge in [0, 0.05) is 12.0 Å². The standard InChI is InChI=1S/C19H30O5/c1-4-5-6-7-8-13(2)11-14(3)18(22)16-12-15(19(23)24-16)9-10-17(20)21/h9,11,13,16,18,22H,4-8,10,12H2,1-3H3,(H,20,21)/t13-,16-,18+/m1/s1. The van der Waals surface area contributed by atoms with Gasteiger partial charge < -0.3 is 14.9 Å². The first kappa shape index (κ1) is 20.4. The molecule has 0 bridgehead atoms. The summed E-state index contributed by atoms with van der Waals surface area (Å²) in [6.07, 6.45) is 7.94. The minimum Gasteiger partial charge on any atom is -0.481 e. The Hall–Kier alpha value is -1.62. The normalized spacial score (nSPS) is 22.5. The number of unbranched alkanes of at least 4 members (excludes halogenated alkanes) is 3. The molecule has 0 saturated carbocycles. The summed E-state index contributed by atoms with van der Waals surface area (Å²) in [6.45, 7) is 6.16. The van der Waals surface area contributed by atoms with Gasteiger partial charge in [-0.05, 0) is 24.8 Å². The van der Waals surface area contributed by atoms with Crippen LogP contribution in [-0.2, 0) is 14.3 Å². The predicted molar refractivity (Wildman–Crippen MR) is 92.5 cm³/mol. The maximum absolute atomic E-state index is 11.7. The summed E-state index contributed by atoms with van der Waals surface area (Å²) in [7, 11) is 0. The van der Waals surface area contributed by atoms with Crippen molar-refractivity contribution in [2.24, 2.45) is 5.92 Å². The van der Waals surface area contributed by atoms with E-state index >= 15 is 0 Å². The lowest BCUT2D eigenvalue weighted by atomic mass is 9.95. The molecule has 0 aliphatic carbocycles. The fourth-order valence-corrected chi connectivity index (χ4v) is 2.93. The summed E-state index contributed by atoms with van der Waals surface area (Å²) in [5.74, 6) is -1.15. The second-order valence-corrected chi connectivity index (χ2v) is 6.66. The molecule has 0 unspecified atom stereocenters. The summed E-state index contributed by atoms with van der Waals surface area (Å²) in [6, 6.07) is 0. The highest BCUT2D eigenvalue weighted by Gasteiger charge is 2.34. The quantitative estimate of drug-likeness (QED) is 0.275.